The predicted molar refractivity (Wildman–Crippen MR) is 82.6 cm³/mol. The highest BCUT2D eigenvalue weighted by Crippen LogP contribution is 2.24. The number of hydrogen-bond donors (Lipinski definition) is 1. The lowest BCUT2D eigenvalue weighted by atomic mass is 10.2. The van der Waals surface area contributed by atoms with Gasteiger partial charge in [0.05, 0.1) is 5.02 Å². The van der Waals surface area contributed by atoms with E-state index >= 15 is 0 Å². The van der Waals surface area contributed by atoms with Gasteiger partial charge in [-0.25, -0.2) is 9.18 Å². The monoisotopic (exact) mass is 371 g/mol. The minimum absolute atomic E-state index is 0.00109. The zero-order valence-corrected chi connectivity index (χ0v) is 13.2. The van der Waals surface area contributed by atoms with Crippen molar-refractivity contribution in [2.45, 2.75) is 13.2 Å². The maximum absolute atomic E-state index is 13.7. The van der Waals surface area contributed by atoms with Crippen LogP contribution in [0.1, 0.15) is 11.1 Å². The molecule has 0 fully saturated rings. The van der Waals surface area contributed by atoms with E-state index in [1.54, 1.807) is 6.07 Å². The topological polar surface area (TPSA) is 38.3 Å². The first-order chi connectivity index (χ1) is 10.1. The van der Waals surface area contributed by atoms with Crippen LogP contribution in [0.5, 0.6) is 0 Å². The van der Waals surface area contributed by atoms with Gasteiger partial charge >= 0.3 is 6.09 Å². The smallest absolute Gasteiger partial charge is 0.407 e. The summed E-state index contributed by atoms with van der Waals surface area (Å²) in [6.45, 7) is 0.160. The molecular weight excluding hydrogens is 361 g/mol. The first kappa shape index (κ1) is 15.8. The van der Waals surface area contributed by atoms with Gasteiger partial charge in [-0.3, -0.25) is 0 Å². The number of carbonyl (C=O) groups is 1. The van der Waals surface area contributed by atoms with Gasteiger partial charge in [-0.2, -0.15) is 0 Å². The first-order valence-electron chi connectivity index (χ1n) is 6.14. The summed E-state index contributed by atoms with van der Waals surface area (Å²) >= 11 is 8.95. The van der Waals surface area contributed by atoms with Crippen LogP contribution in [0.25, 0.3) is 0 Å². The van der Waals surface area contributed by atoms with E-state index in [0.29, 0.717) is 4.47 Å². The summed E-state index contributed by atoms with van der Waals surface area (Å²) in [6.07, 6.45) is -0.616. The molecule has 0 aromatic heterocycles. The molecule has 21 heavy (non-hydrogen) atoms. The van der Waals surface area contributed by atoms with Crippen LogP contribution in [0, 0.1) is 5.82 Å². The third kappa shape index (κ3) is 4.72. The van der Waals surface area contributed by atoms with Crippen molar-refractivity contribution in [3.8, 4) is 0 Å². The Balaban J connectivity index is 1.87. The van der Waals surface area contributed by atoms with Crippen LogP contribution < -0.4 is 5.32 Å². The molecule has 0 bridgehead atoms. The number of halogens is 3. The molecule has 2 rings (SSSR count). The van der Waals surface area contributed by atoms with E-state index in [9.17, 15) is 9.18 Å². The van der Waals surface area contributed by atoms with Gasteiger partial charge in [-0.15, -0.1) is 0 Å². The van der Waals surface area contributed by atoms with Crippen molar-refractivity contribution in [2.75, 3.05) is 0 Å². The minimum Gasteiger partial charge on any atom is -0.445 e. The lowest BCUT2D eigenvalue weighted by molar-refractivity contribution is 0.139. The van der Waals surface area contributed by atoms with Gasteiger partial charge in [0.2, 0.25) is 0 Å². The normalized spacial score (nSPS) is 10.2. The molecule has 1 N–H and O–H groups in total. The van der Waals surface area contributed by atoms with Crippen LogP contribution in [0.4, 0.5) is 9.18 Å². The molecule has 110 valence electrons. The molecule has 1 amide bonds. The molecule has 6 heteroatoms. The highest BCUT2D eigenvalue weighted by Gasteiger charge is 2.10. The molecule has 0 saturated carbocycles. The van der Waals surface area contributed by atoms with Crippen molar-refractivity contribution >= 4 is 33.6 Å². The molecule has 3 nitrogen and oxygen atoms in total. The molecule has 0 spiro atoms. The fourth-order valence-electron chi connectivity index (χ4n) is 1.68. The molecule has 0 aliphatic heterocycles. The van der Waals surface area contributed by atoms with E-state index < -0.39 is 11.9 Å². The Morgan fingerprint density at radius 2 is 2.00 bits per heavy atom. The van der Waals surface area contributed by atoms with Gasteiger partial charge in [0, 0.05) is 16.6 Å². The Hall–Kier alpha value is -1.59. The zero-order valence-electron chi connectivity index (χ0n) is 10.9. The Bertz CT molecular complexity index is 637. The molecular formula is C15H12BrClFNO2. The molecule has 0 unspecified atom stereocenters. The Morgan fingerprint density at radius 1 is 1.29 bits per heavy atom. The number of hydrogen-bond acceptors (Lipinski definition) is 2. The van der Waals surface area contributed by atoms with Crippen molar-refractivity contribution in [1.82, 2.24) is 5.32 Å². The lowest BCUT2D eigenvalue weighted by Gasteiger charge is -2.09. The Labute approximate surface area is 135 Å². The number of ether oxygens (including phenoxy) is 1. The van der Waals surface area contributed by atoms with E-state index in [-0.39, 0.29) is 23.7 Å². The van der Waals surface area contributed by atoms with Crippen LogP contribution in [0.2, 0.25) is 5.02 Å². The maximum atomic E-state index is 13.7. The van der Waals surface area contributed by atoms with E-state index in [0.717, 1.165) is 5.56 Å². The fourth-order valence-corrected chi connectivity index (χ4v) is 2.56. The van der Waals surface area contributed by atoms with Crippen LogP contribution >= 0.6 is 27.5 Å². The standard InChI is InChI=1S/C15H12BrClFNO2/c16-12-6-11(14(18)13(17)7-12)8-19-15(20)21-9-10-4-2-1-3-5-10/h1-7H,8-9H2,(H,19,20). The number of amides is 1. The van der Waals surface area contributed by atoms with Crippen molar-refractivity contribution < 1.29 is 13.9 Å². The van der Waals surface area contributed by atoms with Crippen molar-refractivity contribution in [3.63, 3.8) is 0 Å². The van der Waals surface area contributed by atoms with Crippen LogP contribution in [-0.2, 0) is 17.9 Å². The number of nitrogens with one attached hydrogen (secondary N) is 1. The summed E-state index contributed by atoms with van der Waals surface area (Å²) in [6, 6.07) is 12.3. The zero-order chi connectivity index (χ0) is 15.2. The van der Waals surface area contributed by atoms with Crippen molar-refractivity contribution in [3.05, 3.63) is 68.9 Å². The van der Waals surface area contributed by atoms with Gasteiger partial charge in [-0.1, -0.05) is 57.9 Å². The van der Waals surface area contributed by atoms with Crippen LogP contribution in [-0.4, -0.2) is 6.09 Å². The molecule has 2 aromatic rings. The number of alkyl carbamates (subject to hydrolysis) is 1. The van der Waals surface area contributed by atoms with Gasteiger partial charge in [0.1, 0.15) is 12.4 Å². The van der Waals surface area contributed by atoms with Gasteiger partial charge < -0.3 is 10.1 Å². The second-order valence-corrected chi connectivity index (χ2v) is 5.60. The third-order valence-electron chi connectivity index (χ3n) is 2.70. The minimum atomic E-state index is -0.616. The average Bonchev–Trinajstić information content (AvgIpc) is 2.48. The number of carbonyl (C=O) groups excluding carboxylic acids is 1. The Morgan fingerprint density at radius 3 is 2.71 bits per heavy atom. The highest BCUT2D eigenvalue weighted by molar-refractivity contribution is 9.10. The predicted octanol–water partition coefficient (Wildman–Crippen LogP) is 4.67. The molecule has 0 aliphatic carbocycles. The molecule has 2 aromatic carbocycles. The lowest BCUT2D eigenvalue weighted by Crippen LogP contribution is -2.24. The van der Waals surface area contributed by atoms with E-state index in [1.807, 2.05) is 30.3 Å². The number of rotatable bonds is 4. The fraction of sp³-hybridized carbons (Fsp3) is 0.133. The first-order valence-corrected chi connectivity index (χ1v) is 7.31. The van der Waals surface area contributed by atoms with Gasteiger partial charge in [0.15, 0.2) is 0 Å². The van der Waals surface area contributed by atoms with E-state index in [2.05, 4.69) is 21.2 Å². The van der Waals surface area contributed by atoms with Crippen LogP contribution in [0.15, 0.2) is 46.9 Å². The quantitative estimate of drug-likeness (QED) is 0.792. The van der Waals surface area contributed by atoms with E-state index in [4.69, 9.17) is 16.3 Å². The molecule has 0 saturated heterocycles. The number of benzene rings is 2. The summed E-state index contributed by atoms with van der Waals surface area (Å²) in [5, 5.41) is 2.48. The SMILES string of the molecule is O=C(NCc1cc(Br)cc(Cl)c1F)OCc1ccccc1. The molecule has 0 heterocycles. The Kier molecular flexibility index (Phi) is 5.59. The van der Waals surface area contributed by atoms with Gasteiger partial charge in [0.25, 0.3) is 0 Å². The summed E-state index contributed by atoms with van der Waals surface area (Å²) < 4.78 is 19.4. The largest absolute Gasteiger partial charge is 0.445 e. The summed E-state index contributed by atoms with van der Waals surface area (Å²) in [7, 11) is 0. The molecule has 0 radical (unpaired) electrons. The van der Waals surface area contributed by atoms with Crippen molar-refractivity contribution in [1.29, 1.82) is 0 Å². The second-order valence-electron chi connectivity index (χ2n) is 4.28. The second kappa shape index (κ2) is 7.43. The maximum Gasteiger partial charge on any atom is 0.407 e. The van der Waals surface area contributed by atoms with Crippen LogP contribution in [0.3, 0.4) is 0 Å². The average molecular weight is 373 g/mol. The highest BCUT2D eigenvalue weighted by atomic mass is 79.9. The van der Waals surface area contributed by atoms with Crippen molar-refractivity contribution in [2.24, 2.45) is 0 Å². The van der Waals surface area contributed by atoms with E-state index in [1.165, 1.54) is 6.07 Å². The summed E-state index contributed by atoms with van der Waals surface area (Å²) in [5.74, 6) is -0.553. The third-order valence-corrected chi connectivity index (χ3v) is 3.44. The molecule has 0 aliphatic rings. The van der Waals surface area contributed by atoms with Gasteiger partial charge in [-0.05, 0) is 17.7 Å². The summed E-state index contributed by atoms with van der Waals surface area (Å²) in [4.78, 5) is 11.6. The molecule has 0 atom stereocenters. The summed E-state index contributed by atoms with van der Waals surface area (Å²) in [5.41, 5.74) is 1.16.